The molecule has 0 aliphatic rings. The van der Waals surface area contributed by atoms with E-state index in [1.54, 1.807) is 0 Å². The monoisotopic (exact) mass is 280 g/mol. The van der Waals surface area contributed by atoms with Crippen molar-refractivity contribution in [2.75, 3.05) is 6.61 Å². The Hall–Kier alpha value is -2.62. The van der Waals surface area contributed by atoms with Crippen LogP contribution < -0.4 is 4.74 Å². The van der Waals surface area contributed by atoms with Gasteiger partial charge in [-0.05, 0) is 32.0 Å². The van der Waals surface area contributed by atoms with E-state index in [1.165, 1.54) is 0 Å². The van der Waals surface area contributed by atoms with Crippen LogP contribution in [0, 0.1) is 6.92 Å². The Kier molecular flexibility index (Phi) is 3.69. The van der Waals surface area contributed by atoms with Crippen LogP contribution in [0.2, 0.25) is 0 Å². The highest BCUT2D eigenvalue weighted by molar-refractivity contribution is 5.65. The van der Waals surface area contributed by atoms with E-state index in [9.17, 15) is 0 Å². The quantitative estimate of drug-likeness (QED) is 0.721. The summed E-state index contributed by atoms with van der Waals surface area (Å²) in [5.41, 5.74) is 2.92. The molecule has 1 aromatic heterocycles. The van der Waals surface area contributed by atoms with Gasteiger partial charge in [-0.15, -0.1) is 0 Å². The first kappa shape index (κ1) is 13.4. The lowest BCUT2D eigenvalue weighted by Crippen LogP contribution is -1.93. The topological polar surface area (TPSA) is 48.2 Å². The molecule has 0 aliphatic heterocycles. The number of hydrogen-bond donors (Lipinski definition) is 0. The van der Waals surface area contributed by atoms with E-state index >= 15 is 0 Å². The molecule has 1 heterocycles. The van der Waals surface area contributed by atoms with E-state index in [0.717, 1.165) is 22.4 Å². The van der Waals surface area contributed by atoms with Crippen molar-refractivity contribution in [3.63, 3.8) is 0 Å². The fourth-order valence-corrected chi connectivity index (χ4v) is 2.16. The lowest BCUT2D eigenvalue weighted by atomic mass is 10.1. The molecule has 4 nitrogen and oxygen atoms in total. The van der Waals surface area contributed by atoms with E-state index in [4.69, 9.17) is 9.26 Å². The van der Waals surface area contributed by atoms with Crippen LogP contribution >= 0.6 is 0 Å². The van der Waals surface area contributed by atoms with Crippen molar-refractivity contribution in [1.29, 1.82) is 0 Å². The van der Waals surface area contributed by atoms with Gasteiger partial charge >= 0.3 is 0 Å². The molecule has 0 amide bonds. The Morgan fingerprint density at radius 2 is 1.95 bits per heavy atom. The molecule has 0 fully saturated rings. The van der Waals surface area contributed by atoms with Gasteiger partial charge in [0.05, 0.1) is 12.2 Å². The Morgan fingerprint density at radius 1 is 1.10 bits per heavy atom. The van der Waals surface area contributed by atoms with Gasteiger partial charge in [-0.3, -0.25) is 0 Å². The lowest BCUT2D eigenvalue weighted by molar-refractivity contribution is 0.339. The minimum Gasteiger partial charge on any atom is -0.493 e. The zero-order valence-corrected chi connectivity index (χ0v) is 12.0. The molecule has 0 radical (unpaired) electrons. The van der Waals surface area contributed by atoms with Crippen molar-refractivity contribution in [1.82, 2.24) is 10.1 Å². The third-order valence-electron chi connectivity index (χ3n) is 3.12. The molecule has 0 atom stereocenters. The molecule has 0 saturated carbocycles. The van der Waals surface area contributed by atoms with Crippen LogP contribution in [0.4, 0.5) is 0 Å². The number of benzene rings is 2. The Labute approximate surface area is 123 Å². The maximum absolute atomic E-state index is 5.60. The zero-order valence-electron chi connectivity index (χ0n) is 12.0. The summed E-state index contributed by atoms with van der Waals surface area (Å²) in [6.07, 6.45) is 0. The third kappa shape index (κ3) is 2.79. The molecule has 0 aliphatic carbocycles. The van der Waals surface area contributed by atoms with Gasteiger partial charge in [0.2, 0.25) is 5.82 Å². The highest BCUT2D eigenvalue weighted by atomic mass is 16.5. The van der Waals surface area contributed by atoms with Gasteiger partial charge in [-0.25, -0.2) is 0 Å². The molecule has 2 aromatic carbocycles. The normalized spacial score (nSPS) is 10.6. The van der Waals surface area contributed by atoms with Crippen LogP contribution in [0.1, 0.15) is 12.5 Å². The second kappa shape index (κ2) is 5.79. The van der Waals surface area contributed by atoms with Gasteiger partial charge < -0.3 is 9.26 Å². The summed E-state index contributed by atoms with van der Waals surface area (Å²) in [5, 5.41) is 4.06. The highest BCUT2D eigenvalue weighted by Gasteiger charge is 2.14. The number of nitrogens with zero attached hydrogens (tertiary/aromatic N) is 2. The predicted octanol–water partition coefficient (Wildman–Crippen LogP) is 4.11. The molecule has 0 spiro atoms. The van der Waals surface area contributed by atoms with Crippen molar-refractivity contribution in [2.45, 2.75) is 13.8 Å². The molecule has 0 bridgehead atoms. The minimum absolute atomic E-state index is 0.468. The number of aromatic nitrogens is 2. The SMILES string of the molecule is CCOc1ccccc1-c1nc(-c2cccc(C)c2)no1. The summed E-state index contributed by atoms with van der Waals surface area (Å²) in [4.78, 5) is 4.48. The van der Waals surface area contributed by atoms with Gasteiger partial charge in [-0.2, -0.15) is 4.98 Å². The molecule has 0 unspecified atom stereocenters. The molecule has 3 aromatic rings. The zero-order chi connectivity index (χ0) is 14.7. The van der Waals surface area contributed by atoms with Gasteiger partial charge in [0.25, 0.3) is 5.89 Å². The molecule has 3 rings (SSSR count). The number of aryl methyl sites for hydroxylation is 1. The molecule has 4 heteroatoms. The smallest absolute Gasteiger partial charge is 0.262 e. The van der Waals surface area contributed by atoms with E-state index in [-0.39, 0.29) is 0 Å². The van der Waals surface area contributed by atoms with Crippen LogP contribution in [-0.4, -0.2) is 16.7 Å². The largest absolute Gasteiger partial charge is 0.493 e. The molecule has 0 N–H and O–H groups in total. The summed E-state index contributed by atoms with van der Waals surface area (Å²) < 4.78 is 11.0. The van der Waals surface area contributed by atoms with E-state index < -0.39 is 0 Å². The van der Waals surface area contributed by atoms with Crippen molar-refractivity contribution < 1.29 is 9.26 Å². The fourth-order valence-electron chi connectivity index (χ4n) is 2.16. The third-order valence-corrected chi connectivity index (χ3v) is 3.12. The average molecular weight is 280 g/mol. The number of rotatable bonds is 4. The minimum atomic E-state index is 0.468. The maximum atomic E-state index is 5.60. The van der Waals surface area contributed by atoms with Crippen LogP contribution in [0.3, 0.4) is 0 Å². The lowest BCUT2D eigenvalue weighted by Gasteiger charge is -2.05. The summed E-state index contributed by atoms with van der Waals surface area (Å²) in [5.74, 6) is 1.80. The van der Waals surface area contributed by atoms with E-state index in [1.807, 2.05) is 62.4 Å². The van der Waals surface area contributed by atoms with Crippen molar-refractivity contribution >= 4 is 0 Å². The first-order valence-electron chi connectivity index (χ1n) is 6.91. The maximum Gasteiger partial charge on any atom is 0.262 e. The summed E-state index contributed by atoms with van der Waals surface area (Å²) in [7, 11) is 0. The van der Waals surface area contributed by atoms with Gasteiger partial charge in [-0.1, -0.05) is 41.1 Å². The molecule has 21 heavy (non-hydrogen) atoms. The van der Waals surface area contributed by atoms with Crippen LogP contribution in [0.15, 0.2) is 53.1 Å². The van der Waals surface area contributed by atoms with Gasteiger partial charge in [0, 0.05) is 5.56 Å². The first-order chi connectivity index (χ1) is 10.3. The number of para-hydroxylation sites is 1. The Morgan fingerprint density at radius 3 is 2.76 bits per heavy atom. The summed E-state index contributed by atoms with van der Waals surface area (Å²) >= 11 is 0. The van der Waals surface area contributed by atoms with E-state index in [0.29, 0.717) is 18.3 Å². The number of ether oxygens (including phenoxy) is 1. The Bertz CT molecular complexity index is 750. The van der Waals surface area contributed by atoms with Crippen molar-refractivity contribution in [3.05, 3.63) is 54.1 Å². The first-order valence-corrected chi connectivity index (χ1v) is 6.91. The fraction of sp³-hybridized carbons (Fsp3) is 0.176. The second-order valence-electron chi connectivity index (χ2n) is 4.72. The average Bonchev–Trinajstić information content (AvgIpc) is 2.98. The molecular weight excluding hydrogens is 264 g/mol. The van der Waals surface area contributed by atoms with Gasteiger partial charge in [0.1, 0.15) is 5.75 Å². The predicted molar refractivity (Wildman–Crippen MR) is 81.1 cm³/mol. The van der Waals surface area contributed by atoms with Crippen LogP contribution in [0.5, 0.6) is 5.75 Å². The number of hydrogen-bond acceptors (Lipinski definition) is 4. The highest BCUT2D eigenvalue weighted by Crippen LogP contribution is 2.30. The summed E-state index contributed by atoms with van der Waals surface area (Å²) in [6.45, 7) is 4.58. The van der Waals surface area contributed by atoms with E-state index in [2.05, 4.69) is 10.1 Å². The van der Waals surface area contributed by atoms with Crippen molar-refractivity contribution in [3.8, 4) is 28.6 Å². The molecular formula is C17H16N2O2. The second-order valence-corrected chi connectivity index (χ2v) is 4.72. The standard InChI is InChI=1S/C17H16N2O2/c1-3-20-15-10-5-4-9-14(15)17-18-16(19-21-17)13-8-6-7-12(2)11-13/h4-11H,3H2,1-2H3. The molecule has 0 saturated heterocycles. The summed E-state index contributed by atoms with van der Waals surface area (Å²) in [6, 6.07) is 15.7. The van der Waals surface area contributed by atoms with Crippen LogP contribution in [0.25, 0.3) is 22.8 Å². The molecule has 106 valence electrons. The Balaban J connectivity index is 1.99. The van der Waals surface area contributed by atoms with Crippen LogP contribution in [-0.2, 0) is 0 Å². The van der Waals surface area contributed by atoms with Crippen molar-refractivity contribution in [2.24, 2.45) is 0 Å². The van der Waals surface area contributed by atoms with Gasteiger partial charge in [0.15, 0.2) is 0 Å².